The molecule has 1 atom stereocenters. The maximum atomic E-state index is 5.77. The van der Waals surface area contributed by atoms with E-state index in [0.717, 1.165) is 44.3 Å². The van der Waals surface area contributed by atoms with Crippen LogP contribution in [0.1, 0.15) is 32.3 Å². The van der Waals surface area contributed by atoms with Crippen molar-refractivity contribution >= 4 is 29.9 Å². The Morgan fingerprint density at radius 2 is 2.21 bits per heavy atom. The first-order valence-electron chi connectivity index (χ1n) is 8.45. The third-order valence-electron chi connectivity index (χ3n) is 3.69. The highest BCUT2D eigenvalue weighted by Gasteiger charge is 2.15. The first-order chi connectivity index (χ1) is 11.2. The lowest BCUT2D eigenvalue weighted by Crippen LogP contribution is -2.40. The topological polar surface area (TPSA) is 54.9 Å². The van der Waals surface area contributed by atoms with Gasteiger partial charge in [-0.05, 0) is 36.5 Å². The van der Waals surface area contributed by atoms with E-state index in [0.29, 0.717) is 18.6 Å². The average molecular weight is 447 g/mol. The van der Waals surface area contributed by atoms with Crippen molar-refractivity contribution in [2.75, 3.05) is 26.8 Å². The standard InChI is InChI=1S/C18H29N3O2.HI/c1-14(2)13-23-16-7-4-6-15(10-16)11-20-18(19-3)21-12-17-8-5-9-22-17;/h4,6-7,10,14,17H,5,8-9,11-13H2,1-3H3,(H2,19,20,21);1H. The molecule has 0 spiro atoms. The molecule has 0 aromatic heterocycles. The number of aliphatic imine (C=N–C) groups is 1. The molecule has 136 valence electrons. The second kappa shape index (κ2) is 11.5. The number of hydrogen-bond donors (Lipinski definition) is 2. The van der Waals surface area contributed by atoms with Gasteiger partial charge in [-0.3, -0.25) is 4.99 Å². The molecule has 5 nitrogen and oxygen atoms in total. The van der Waals surface area contributed by atoms with Crippen molar-refractivity contribution in [1.82, 2.24) is 10.6 Å². The Bertz CT molecular complexity index is 503. The molecular weight excluding hydrogens is 417 g/mol. The maximum absolute atomic E-state index is 5.77. The zero-order valence-electron chi connectivity index (χ0n) is 14.9. The third kappa shape index (κ3) is 7.70. The Hall–Kier alpha value is -1.02. The highest BCUT2D eigenvalue weighted by Crippen LogP contribution is 2.14. The lowest BCUT2D eigenvalue weighted by Gasteiger charge is -2.15. The second-order valence-electron chi connectivity index (χ2n) is 6.29. The van der Waals surface area contributed by atoms with Crippen molar-refractivity contribution in [2.45, 2.75) is 39.3 Å². The predicted octanol–water partition coefficient (Wildman–Crippen LogP) is 3.18. The van der Waals surface area contributed by atoms with Crippen LogP contribution in [0.5, 0.6) is 5.75 Å². The summed E-state index contributed by atoms with van der Waals surface area (Å²) >= 11 is 0. The van der Waals surface area contributed by atoms with Crippen molar-refractivity contribution in [1.29, 1.82) is 0 Å². The summed E-state index contributed by atoms with van der Waals surface area (Å²) in [5.74, 6) is 2.24. The number of halogens is 1. The van der Waals surface area contributed by atoms with E-state index in [2.05, 4.69) is 41.6 Å². The van der Waals surface area contributed by atoms with Gasteiger partial charge in [0.25, 0.3) is 0 Å². The van der Waals surface area contributed by atoms with Crippen molar-refractivity contribution in [3.8, 4) is 5.75 Å². The monoisotopic (exact) mass is 447 g/mol. The number of rotatable bonds is 7. The van der Waals surface area contributed by atoms with Gasteiger partial charge in [-0.15, -0.1) is 24.0 Å². The average Bonchev–Trinajstić information content (AvgIpc) is 3.07. The quantitative estimate of drug-likeness (QED) is 0.383. The van der Waals surface area contributed by atoms with Crippen molar-refractivity contribution in [3.63, 3.8) is 0 Å². The van der Waals surface area contributed by atoms with Gasteiger partial charge in [0.15, 0.2) is 5.96 Å². The fraction of sp³-hybridized carbons (Fsp3) is 0.611. The van der Waals surface area contributed by atoms with Gasteiger partial charge in [-0.2, -0.15) is 0 Å². The Morgan fingerprint density at radius 3 is 2.88 bits per heavy atom. The molecule has 24 heavy (non-hydrogen) atoms. The van der Waals surface area contributed by atoms with E-state index in [9.17, 15) is 0 Å². The fourth-order valence-electron chi connectivity index (χ4n) is 2.43. The normalized spacial score (nSPS) is 17.5. The lowest BCUT2D eigenvalue weighted by atomic mass is 10.2. The van der Waals surface area contributed by atoms with Gasteiger partial charge in [0, 0.05) is 26.7 Å². The molecular formula is C18H30IN3O2. The van der Waals surface area contributed by atoms with Crippen LogP contribution in [0.15, 0.2) is 29.3 Å². The van der Waals surface area contributed by atoms with Gasteiger partial charge in [0.2, 0.25) is 0 Å². The van der Waals surface area contributed by atoms with Crippen LogP contribution in [0.2, 0.25) is 0 Å². The Balaban J connectivity index is 0.00000288. The smallest absolute Gasteiger partial charge is 0.191 e. The lowest BCUT2D eigenvalue weighted by molar-refractivity contribution is 0.114. The molecule has 1 fully saturated rings. The molecule has 0 bridgehead atoms. The fourth-order valence-corrected chi connectivity index (χ4v) is 2.43. The third-order valence-corrected chi connectivity index (χ3v) is 3.69. The molecule has 6 heteroatoms. The van der Waals surface area contributed by atoms with Crippen LogP contribution in [-0.4, -0.2) is 38.9 Å². The summed E-state index contributed by atoms with van der Waals surface area (Å²) in [7, 11) is 1.78. The van der Waals surface area contributed by atoms with Crippen LogP contribution < -0.4 is 15.4 Å². The molecule has 1 aromatic carbocycles. The molecule has 1 unspecified atom stereocenters. The minimum atomic E-state index is 0. The predicted molar refractivity (Wildman–Crippen MR) is 109 cm³/mol. The molecule has 2 rings (SSSR count). The summed E-state index contributed by atoms with van der Waals surface area (Å²) in [6.07, 6.45) is 2.59. The SMILES string of the molecule is CN=C(NCc1cccc(OCC(C)C)c1)NCC1CCCO1.I. The van der Waals surface area contributed by atoms with Crippen LogP contribution in [0, 0.1) is 5.92 Å². The van der Waals surface area contributed by atoms with Crippen LogP contribution >= 0.6 is 24.0 Å². The van der Waals surface area contributed by atoms with Crippen molar-refractivity contribution in [2.24, 2.45) is 10.9 Å². The zero-order valence-corrected chi connectivity index (χ0v) is 17.2. The Labute approximate surface area is 162 Å². The first kappa shape index (κ1) is 21.0. The van der Waals surface area contributed by atoms with E-state index < -0.39 is 0 Å². The van der Waals surface area contributed by atoms with Crippen LogP contribution in [0.3, 0.4) is 0 Å². The summed E-state index contributed by atoms with van der Waals surface area (Å²) in [5, 5.41) is 6.65. The van der Waals surface area contributed by atoms with E-state index in [-0.39, 0.29) is 24.0 Å². The summed E-state index contributed by atoms with van der Waals surface area (Å²) in [4.78, 5) is 4.25. The maximum Gasteiger partial charge on any atom is 0.191 e. The zero-order chi connectivity index (χ0) is 16.5. The van der Waals surface area contributed by atoms with Gasteiger partial charge in [-0.25, -0.2) is 0 Å². The minimum Gasteiger partial charge on any atom is -0.493 e. The molecule has 1 aromatic rings. The largest absolute Gasteiger partial charge is 0.493 e. The summed E-state index contributed by atoms with van der Waals surface area (Å²) in [5.41, 5.74) is 1.17. The molecule has 0 aliphatic carbocycles. The first-order valence-corrected chi connectivity index (χ1v) is 8.45. The Morgan fingerprint density at radius 1 is 1.38 bits per heavy atom. The highest BCUT2D eigenvalue weighted by molar-refractivity contribution is 14.0. The molecule has 1 heterocycles. The number of nitrogens with one attached hydrogen (secondary N) is 2. The van der Waals surface area contributed by atoms with E-state index in [1.54, 1.807) is 7.05 Å². The minimum absolute atomic E-state index is 0. The van der Waals surface area contributed by atoms with E-state index in [1.165, 1.54) is 5.56 Å². The molecule has 0 radical (unpaired) electrons. The number of hydrogen-bond acceptors (Lipinski definition) is 3. The van der Waals surface area contributed by atoms with Crippen molar-refractivity contribution in [3.05, 3.63) is 29.8 Å². The molecule has 1 saturated heterocycles. The van der Waals surface area contributed by atoms with Gasteiger partial charge >= 0.3 is 0 Å². The van der Waals surface area contributed by atoms with Gasteiger partial charge in [0.05, 0.1) is 12.7 Å². The molecule has 2 N–H and O–H groups in total. The molecule has 1 aliphatic rings. The Kier molecular flexibility index (Phi) is 10.1. The van der Waals surface area contributed by atoms with E-state index in [1.807, 2.05) is 12.1 Å². The number of guanidine groups is 1. The van der Waals surface area contributed by atoms with Gasteiger partial charge in [0.1, 0.15) is 5.75 Å². The summed E-state index contributed by atoms with van der Waals surface area (Å²) < 4.78 is 11.4. The van der Waals surface area contributed by atoms with Crippen molar-refractivity contribution < 1.29 is 9.47 Å². The van der Waals surface area contributed by atoms with Crippen LogP contribution in [0.25, 0.3) is 0 Å². The van der Waals surface area contributed by atoms with Crippen LogP contribution in [0.4, 0.5) is 0 Å². The van der Waals surface area contributed by atoms with Crippen LogP contribution in [-0.2, 0) is 11.3 Å². The summed E-state index contributed by atoms with van der Waals surface area (Å²) in [6.45, 7) is 7.43. The molecule has 1 aliphatic heterocycles. The molecule has 0 saturated carbocycles. The summed E-state index contributed by atoms with van der Waals surface area (Å²) in [6, 6.07) is 8.18. The van der Waals surface area contributed by atoms with E-state index >= 15 is 0 Å². The number of nitrogens with zero attached hydrogens (tertiary/aromatic N) is 1. The highest BCUT2D eigenvalue weighted by atomic mass is 127. The number of benzene rings is 1. The van der Waals surface area contributed by atoms with E-state index in [4.69, 9.17) is 9.47 Å². The molecule has 0 amide bonds. The van der Waals surface area contributed by atoms with Gasteiger partial charge in [-0.1, -0.05) is 26.0 Å². The number of ether oxygens (including phenoxy) is 2. The second-order valence-corrected chi connectivity index (χ2v) is 6.29. The van der Waals surface area contributed by atoms with Gasteiger partial charge < -0.3 is 20.1 Å².